The average Bonchev–Trinajstić information content (AvgIpc) is 3.00. The van der Waals surface area contributed by atoms with Gasteiger partial charge in [-0.15, -0.1) is 11.3 Å². The Morgan fingerprint density at radius 1 is 1.00 bits per heavy atom. The van der Waals surface area contributed by atoms with Crippen LogP contribution in [-0.4, -0.2) is 5.91 Å². The summed E-state index contributed by atoms with van der Waals surface area (Å²) in [5.41, 5.74) is 4.02. The second kappa shape index (κ2) is 6.34. The van der Waals surface area contributed by atoms with Crippen molar-refractivity contribution in [1.82, 2.24) is 0 Å². The van der Waals surface area contributed by atoms with Crippen LogP contribution in [0.3, 0.4) is 0 Å². The molecule has 2 aromatic carbocycles. The predicted octanol–water partition coefficient (Wildman–Crippen LogP) is 5.42. The third-order valence-electron chi connectivity index (χ3n) is 3.61. The second-order valence-electron chi connectivity index (χ2n) is 5.47. The van der Waals surface area contributed by atoms with Crippen LogP contribution in [0.2, 0.25) is 0 Å². The van der Waals surface area contributed by atoms with Crippen LogP contribution in [0.25, 0.3) is 11.1 Å². The summed E-state index contributed by atoms with van der Waals surface area (Å²) in [6.07, 6.45) is 0. The molecule has 0 spiro atoms. The molecule has 3 aromatic rings. The molecular weight excluding hydrogens is 309 g/mol. The van der Waals surface area contributed by atoms with Crippen LogP contribution in [0.1, 0.15) is 20.8 Å². The molecule has 2 nitrogen and oxygen atoms in total. The summed E-state index contributed by atoms with van der Waals surface area (Å²) in [5.74, 6) is -0.717. The van der Waals surface area contributed by atoms with E-state index in [0.717, 1.165) is 22.3 Å². The minimum absolute atomic E-state index is 0.198. The van der Waals surface area contributed by atoms with Crippen molar-refractivity contribution in [3.05, 3.63) is 75.7 Å². The number of carbonyl (C=O) groups excluding carboxylic acids is 1. The van der Waals surface area contributed by atoms with Crippen molar-refractivity contribution in [3.63, 3.8) is 0 Å². The van der Waals surface area contributed by atoms with Crippen LogP contribution in [0.15, 0.2) is 53.9 Å². The Morgan fingerprint density at radius 3 is 2.39 bits per heavy atom. The number of thiophene rings is 1. The van der Waals surface area contributed by atoms with Gasteiger partial charge >= 0.3 is 0 Å². The van der Waals surface area contributed by atoms with E-state index in [1.807, 2.05) is 49.6 Å². The molecule has 1 heterocycles. The number of carbonyl (C=O) groups is 1. The zero-order valence-electron chi connectivity index (χ0n) is 12.9. The van der Waals surface area contributed by atoms with Gasteiger partial charge in [0.1, 0.15) is 5.82 Å². The molecule has 3 rings (SSSR count). The van der Waals surface area contributed by atoms with E-state index in [1.54, 1.807) is 12.1 Å². The molecule has 1 aromatic heterocycles. The summed E-state index contributed by atoms with van der Waals surface area (Å²) < 4.78 is 13.9. The minimum Gasteiger partial charge on any atom is -0.319 e. The summed E-state index contributed by atoms with van der Waals surface area (Å²) >= 11 is 1.35. The van der Waals surface area contributed by atoms with E-state index in [9.17, 15) is 9.18 Å². The van der Waals surface area contributed by atoms with Crippen LogP contribution < -0.4 is 5.32 Å². The number of hydrogen-bond donors (Lipinski definition) is 1. The minimum atomic E-state index is -0.424. The number of aryl methyl sites for hydroxylation is 2. The maximum Gasteiger partial charge on any atom is 0.266 e. The molecule has 0 aliphatic rings. The fourth-order valence-corrected chi connectivity index (χ4v) is 3.16. The summed E-state index contributed by atoms with van der Waals surface area (Å²) in [4.78, 5) is 13.1. The Hall–Kier alpha value is -2.46. The lowest BCUT2D eigenvalue weighted by atomic mass is 10.0. The summed E-state index contributed by atoms with van der Waals surface area (Å²) in [6, 6.07) is 14.7. The Labute approximate surface area is 138 Å². The van der Waals surface area contributed by atoms with Crippen molar-refractivity contribution < 1.29 is 9.18 Å². The fourth-order valence-electron chi connectivity index (χ4n) is 2.35. The molecule has 0 aliphatic heterocycles. The quantitative estimate of drug-likeness (QED) is 0.684. The van der Waals surface area contributed by atoms with Gasteiger partial charge in [-0.2, -0.15) is 0 Å². The number of benzene rings is 2. The zero-order chi connectivity index (χ0) is 16.4. The van der Waals surface area contributed by atoms with Crippen LogP contribution in [0.4, 0.5) is 10.1 Å². The van der Waals surface area contributed by atoms with E-state index in [0.29, 0.717) is 4.88 Å². The van der Waals surface area contributed by atoms with E-state index >= 15 is 0 Å². The number of halogens is 1. The first-order valence-corrected chi connectivity index (χ1v) is 8.14. The van der Waals surface area contributed by atoms with Crippen LogP contribution in [0.5, 0.6) is 0 Å². The number of rotatable bonds is 3. The Bertz CT molecular complexity index is 852. The Kier molecular flexibility index (Phi) is 4.26. The average molecular weight is 325 g/mol. The van der Waals surface area contributed by atoms with Gasteiger partial charge in [0.25, 0.3) is 5.91 Å². The topological polar surface area (TPSA) is 29.1 Å². The smallest absolute Gasteiger partial charge is 0.266 e. The van der Waals surface area contributed by atoms with Crippen molar-refractivity contribution >= 4 is 22.9 Å². The normalized spacial score (nSPS) is 10.6. The van der Waals surface area contributed by atoms with E-state index in [4.69, 9.17) is 0 Å². The zero-order valence-corrected chi connectivity index (χ0v) is 13.7. The number of nitrogens with one attached hydrogen (secondary N) is 1. The van der Waals surface area contributed by atoms with Gasteiger partial charge < -0.3 is 5.32 Å². The molecule has 0 unspecified atom stereocenters. The van der Waals surface area contributed by atoms with Gasteiger partial charge in [-0.3, -0.25) is 4.79 Å². The van der Waals surface area contributed by atoms with E-state index in [-0.39, 0.29) is 11.6 Å². The standard InChI is InChI=1S/C19H16FNOS/c1-12-3-6-14(7-4-12)15-9-10-23-18(15)19(22)21-17-8-5-13(2)11-16(17)20/h3-11H,1-2H3,(H,21,22). The summed E-state index contributed by atoms with van der Waals surface area (Å²) in [6.45, 7) is 3.83. The summed E-state index contributed by atoms with van der Waals surface area (Å²) in [5, 5.41) is 4.53. The molecule has 0 radical (unpaired) electrons. The molecule has 1 amide bonds. The highest BCUT2D eigenvalue weighted by Gasteiger charge is 2.16. The van der Waals surface area contributed by atoms with E-state index in [2.05, 4.69) is 5.32 Å². The van der Waals surface area contributed by atoms with Crippen molar-refractivity contribution in [2.24, 2.45) is 0 Å². The summed E-state index contributed by atoms with van der Waals surface area (Å²) in [7, 11) is 0. The molecule has 0 atom stereocenters. The molecule has 0 aliphatic carbocycles. The van der Waals surface area contributed by atoms with Gasteiger partial charge in [0.15, 0.2) is 0 Å². The molecule has 1 N–H and O–H groups in total. The van der Waals surface area contributed by atoms with Crippen LogP contribution in [-0.2, 0) is 0 Å². The Morgan fingerprint density at radius 2 is 1.70 bits per heavy atom. The molecule has 0 saturated carbocycles. The Balaban J connectivity index is 1.89. The predicted molar refractivity (Wildman–Crippen MR) is 93.6 cm³/mol. The molecular formula is C19H16FNOS. The number of hydrogen-bond acceptors (Lipinski definition) is 2. The molecule has 0 fully saturated rings. The number of anilines is 1. The first-order chi connectivity index (χ1) is 11.0. The highest BCUT2D eigenvalue weighted by molar-refractivity contribution is 7.12. The highest BCUT2D eigenvalue weighted by Crippen LogP contribution is 2.29. The van der Waals surface area contributed by atoms with Gasteiger partial charge in [0.05, 0.1) is 10.6 Å². The third-order valence-corrected chi connectivity index (χ3v) is 4.52. The largest absolute Gasteiger partial charge is 0.319 e. The monoisotopic (exact) mass is 325 g/mol. The molecule has 0 saturated heterocycles. The van der Waals surface area contributed by atoms with E-state index < -0.39 is 5.82 Å². The lowest BCUT2D eigenvalue weighted by Gasteiger charge is -2.08. The molecule has 0 bridgehead atoms. The van der Waals surface area contributed by atoms with Crippen LogP contribution in [0, 0.1) is 19.7 Å². The van der Waals surface area contributed by atoms with Gasteiger partial charge in [0.2, 0.25) is 0 Å². The maximum atomic E-state index is 13.9. The van der Waals surface area contributed by atoms with Crippen LogP contribution >= 0.6 is 11.3 Å². The fraction of sp³-hybridized carbons (Fsp3) is 0.105. The van der Waals surface area contributed by atoms with Gasteiger partial charge in [-0.1, -0.05) is 35.9 Å². The van der Waals surface area contributed by atoms with Crippen molar-refractivity contribution in [2.75, 3.05) is 5.32 Å². The van der Waals surface area contributed by atoms with Crippen molar-refractivity contribution in [2.45, 2.75) is 13.8 Å². The SMILES string of the molecule is Cc1ccc(-c2ccsc2C(=O)Nc2ccc(C)cc2F)cc1. The first kappa shape index (κ1) is 15.4. The lowest BCUT2D eigenvalue weighted by Crippen LogP contribution is -2.12. The lowest BCUT2D eigenvalue weighted by molar-refractivity contribution is 0.103. The second-order valence-corrected chi connectivity index (χ2v) is 6.38. The van der Waals surface area contributed by atoms with E-state index in [1.165, 1.54) is 17.4 Å². The van der Waals surface area contributed by atoms with Gasteiger partial charge in [0, 0.05) is 5.56 Å². The molecule has 23 heavy (non-hydrogen) atoms. The highest BCUT2D eigenvalue weighted by atomic mass is 32.1. The third kappa shape index (κ3) is 3.32. The van der Waals surface area contributed by atoms with Crippen molar-refractivity contribution in [1.29, 1.82) is 0 Å². The van der Waals surface area contributed by atoms with Crippen molar-refractivity contribution in [3.8, 4) is 11.1 Å². The molecule has 116 valence electrons. The van der Waals surface area contributed by atoms with Gasteiger partial charge in [-0.25, -0.2) is 4.39 Å². The first-order valence-electron chi connectivity index (χ1n) is 7.26. The number of amides is 1. The maximum absolute atomic E-state index is 13.9. The van der Waals surface area contributed by atoms with Gasteiger partial charge in [-0.05, 0) is 48.6 Å². The molecule has 4 heteroatoms.